The Hall–Kier alpha value is -2.54. The highest BCUT2D eigenvalue weighted by atomic mass is 79.9. The minimum absolute atomic E-state index is 0.335. The summed E-state index contributed by atoms with van der Waals surface area (Å²) in [4.78, 5) is 20.9. The first-order chi connectivity index (χ1) is 14.0. The minimum atomic E-state index is -1.49. The summed E-state index contributed by atoms with van der Waals surface area (Å²) in [5.74, 6) is 0.144. The second-order valence-corrected chi connectivity index (χ2v) is 8.40. The van der Waals surface area contributed by atoms with E-state index in [1.807, 2.05) is 42.5 Å². The summed E-state index contributed by atoms with van der Waals surface area (Å²) in [7, 11) is 0. The number of oxime groups is 1. The third-order valence-electron chi connectivity index (χ3n) is 4.86. The van der Waals surface area contributed by atoms with Crippen molar-refractivity contribution in [1.82, 2.24) is 0 Å². The van der Waals surface area contributed by atoms with Crippen LogP contribution in [0, 0.1) is 0 Å². The fourth-order valence-corrected chi connectivity index (χ4v) is 4.26. The second kappa shape index (κ2) is 6.76. The highest BCUT2D eigenvalue weighted by molar-refractivity contribution is 9.10. The van der Waals surface area contributed by atoms with Crippen molar-refractivity contribution in [3.8, 4) is 0 Å². The van der Waals surface area contributed by atoms with E-state index in [1.54, 1.807) is 29.2 Å². The number of halogens is 3. The number of nitrogens with zero attached hydrogens (tertiary/aromatic N) is 2. The van der Waals surface area contributed by atoms with E-state index in [0.29, 0.717) is 32.8 Å². The molecule has 29 heavy (non-hydrogen) atoms. The highest BCUT2D eigenvalue weighted by Crippen LogP contribution is 2.48. The van der Waals surface area contributed by atoms with E-state index in [0.717, 1.165) is 10.0 Å². The van der Waals surface area contributed by atoms with Crippen LogP contribution in [-0.2, 0) is 15.4 Å². The fourth-order valence-electron chi connectivity index (χ4n) is 3.59. The number of fused-ring (bicyclic) bond motifs is 2. The van der Waals surface area contributed by atoms with Crippen molar-refractivity contribution >= 4 is 62.2 Å². The predicted octanol–water partition coefficient (Wildman–Crippen LogP) is 5.76. The molecule has 2 aliphatic heterocycles. The first-order valence-electron chi connectivity index (χ1n) is 8.68. The smallest absolute Gasteiger partial charge is 0.322 e. The van der Waals surface area contributed by atoms with Gasteiger partial charge >= 0.3 is 5.72 Å². The fraction of sp³-hybridized carbons (Fsp3) is 0.0476. The Morgan fingerprint density at radius 1 is 1.00 bits per heavy atom. The number of amides is 1. The summed E-state index contributed by atoms with van der Waals surface area (Å²) >= 11 is 15.8. The van der Waals surface area contributed by atoms with Crippen LogP contribution in [-0.4, -0.2) is 11.7 Å². The number of carbonyl (C=O) groups is 1. The van der Waals surface area contributed by atoms with Gasteiger partial charge in [-0.15, -0.1) is 0 Å². The first-order valence-corrected chi connectivity index (χ1v) is 10.2. The van der Waals surface area contributed by atoms with Crippen molar-refractivity contribution < 1.29 is 9.63 Å². The topological polar surface area (TPSA) is 53.9 Å². The average Bonchev–Trinajstić information content (AvgIpc) is 3.23. The van der Waals surface area contributed by atoms with Gasteiger partial charge in [0.1, 0.15) is 0 Å². The van der Waals surface area contributed by atoms with E-state index in [1.165, 1.54) is 0 Å². The number of rotatable bonds is 2. The van der Waals surface area contributed by atoms with Gasteiger partial charge in [0.25, 0.3) is 5.91 Å². The van der Waals surface area contributed by atoms with Gasteiger partial charge < -0.3 is 10.2 Å². The third kappa shape index (κ3) is 2.82. The lowest BCUT2D eigenvalue weighted by Crippen LogP contribution is -2.51. The second-order valence-electron chi connectivity index (χ2n) is 6.62. The maximum Gasteiger partial charge on any atom is 0.322 e. The maximum absolute atomic E-state index is 13.2. The molecule has 3 aromatic rings. The lowest BCUT2D eigenvalue weighted by Gasteiger charge is -2.32. The molecule has 0 bridgehead atoms. The van der Waals surface area contributed by atoms with Crippen LogP contribution in [0.5, 0.6) is 0 Å². The molecule has 3 aromatic carbocycles. The Morgan fingerprint density at radius 2 is 1.79 bits per heavy atom. The molecule has 0 saturated heterocycles. The molecule has 1 atom stereocenters. The molecule has 1 N–H and O–H groups in total. The Morgan fingerprint density at radius 3 is 2.55 bits per heavy atom. The molecule has 1 amide bonds. The Balaban J connectivity index is 1.74. The molecule has 5 rings (SSSR count). The van der Waals surface area contributed by atoms with E-state index in [9.17, 15) is 4.79 Å². The Labute approximate surface area is 185 Å². The number of carbonyl (C=O) groups excluding carboxylic acids is 1. The lowest BCUT2D eigenvalue weighted by molar-refractivity contribution is -0.137. The number of nitrogens with one attached hydrogen (secondary N) is 1. The van der Waals surface area contributed by atoms with Crippen molar-refractivity contribution in [3.05, 3.63) is 92.4 Å². The van der Waals surface area contributed by atoms with Crippen LogP contribution in [0.25, 0.3) is 0 Å². The third-order valence-corrected chi connectivity index (χ3v) is 5.84. The normalized spacial score (nSPS) is 19.8. The van der Waals surface area contributed by atoms with Crippen molar-refractivity contribution in [2.75, 3.05) is 10.2 Å². The summed E-state index contributed by atoms with van der Waals surface area (Å²) in [6.45, 7) is 0. The van der Waals surface area contributed by atoms with Crippen LogP contribution >= 0.6 is 39.1 Å². The standard InChI is InChI=1S/C21H12BrCl2N3O2/c22-13-6-9-18-17(10-13)21(20(28)25-18)27(16-3-1-2-15(24)11-16)19(26-29-21)12-4-7-14(23)8-5-12/h1-11H,(H,25,28)/t21-/m0/s1. The zero-order valence-corrected chi connectivity index (χ0v) is 17.8. The molecule has 5 nitrogen and oxygen atoms in total. The van der Waals surface area contributed by atoms with Gasteiger partial charge in [0.2, 0.25) is 0 Å². The molecule has 0 aromatic heterocycles. The van der Waals surface area contributed by atoms with Gasteiger partial charge in [-0.05, 0) is 60.7 Å². The molecule has 2 heterocycles. The molecular weight excluding hydrogens is 477 g/mol. The molecule has 0 unspecified atom stereocenters. The largest absolute Gasteiger partial charge is 0.349 e. The van der Waals surface area contributed by atoms with Crippen molar-refractivity contribution in [3.63, 3.8) is 0 Å². The molecule has 1 spiro atoms. The summed E-state index contributed by atoms with van der Waals surface area (Å²) < 4.78 is 0.821. The molecular formula is C21H12BrCl2N3O2. The minimum Gasteiger partial charge on any atom is -0.349 e. The maximum atomic E-state index is 13.2. The summed E-state index contributed by atoms with van der Waals surface area (Å²) in [5, 5.41) is 8.35. The van der Waals surface area contributed by atoms with Crippen LogP contribution in [0.4, 0.5) is 11.4 Å². The highest BCUT2D eigenvalue weighted by Gasteiger charge is 2.60. The number of benzene rings is 3. The Kier molecular flexibility index (Phi) is 4.31. The van der Waals surface area contributed by atoms with Crippen LogP contribution in [0.2, 0.25) is 10.0 Å². The molecule has 0 saturated carbocycles. The molecule has 8 heteroatoms. The van der Waals surface area contributed by atoms with Crippen LogP contribution < -0.4 is 10.2 Å². The predicted molar refractivity (Wildman–Crippen MR) is 117 cm³/mol. The van der Waals surface area contributed by atoms with Gasteiger partial charge in [-0.3, -0.25) is 9.69 Å². The molecule has 0 radical (unpaired) electrons. The quantitative estimate of drug-likeness (QED) is 0.499. The summed E-state index contributed by atoms with van der Waals surface area (Å²) in [5.41, 5.74) is 1.26. The van der Waals surface area contributed by atoms with Gasteiger partial charge in [-0.2, -0.15) is 0 Å². The number of hydrogen-bond acceptors (Lipinski definition) is 4. The SMILES string of the molecule is O=C1Nc2ccc(Br)cc2[C@]12ON=C(c1ccc(Cl)cc1)N2c1cccc(Cl)c1. The lowest BCUT2D eigenvalue weighted by atomic mass is 10.00. The van der Waals surface area contributed by atoms with Crippen molar-refractivity contribution in [2.45, 2.75) is 5.72 Å². The number of hydrogen-bond donors (Lipinski definition) is 1. The van der Waals surface area contributed by atoms with E-state index >= 15 is 0 Å². The summed E-state index contributed by atoms with van der Waals surface area (Å²) in [6, 6.07) is 19.9. The molecule has 144 valence electrons. The zero-order chi connectivity index (χ0) is 20.2. The number of amidine groups is 1. The van der Waals surface area contributed by atoms with Gasteiger partial charge in [-0.25, -0.2) is 0 Å². The average molecular weight is 489 g/mol. The summed E-state index contributed by atoms with van der Waals surface area (Å²) in [6.07, 6.45) is 0. The van der Waals surface area contributed by atoms with Crippen molar-refractivity contribution in [2.24, 2.45) is 5.16 Å². The number of anilines is 2. The van der Waals surface area contributed by atoms with Crippen LogP contribution in [0.3, 0.4) is 0 Å². The van der Waals surface area contributed by atoms with E-state index < -0.39 is 5.72 Å². The van der Waals surface area contributed by atoms with E-state index in [2.05, 4.69) is 26.4 Å². The zero-order valence-electron chi connectivity index (χ0n) is 14.7. The van der Waals surface area contributed by atoms with Gasteiger partial charge in [-0.1, -0.05) is 50.4 Å². The van der Waals surface area contributed by atoms with E-state index in [4.69, 9.17) is 28.0 Å². The van der Waals surface area contributed by atoms with Gasteiger partial charge in [0.05, 0.1) is 11.3 Å². The van der Waals surface area contributed by atoms with Gasteiger partial charge in [0, 0.05) is 25.8 Å². The van der Waals surface area contributed by atoms with Gasteiger partial charge in [0.15, 0.2) is 5.84 Å². The van der Waals surface area contributed by atoms with Crippen LogP contribution in [0.1, 0.15) is 11.1 Å². The molecule has 0 fully saturated rings. The van der Waals surface area contributed by atoms with Crippen LogP contribution in [0.15, 0.2) is 76.4 Å². The molecule has 2 aliphatic rings. The molecule has 0 aliphatic carbocycles. The monoisotopic (exact) mass is 487 g/mol. The Bertz CT molecular complexity index is 1180. The van der Waals surface area contributed by atoms with E-state index in [-0.39, 0.29) is 5.91 Å². The first kappa shape index (κ1) is 18.5. The van der Waals surface area contributed by atoms with Crippen molar-refractivity contribution in [1.29, 1.82) is 0 Å².